The molecule has 11 nitrogen and oxygen atoms in total. The van der Waals surface area contributed by atoms with E-state index in [1.807, 2.05) is 17.7 Å². The largest absolute Gasteiger partial charge is 0.490 e. The molecule has 0 aliphatic heterocycles. The predicted octanol–water partition coefficient (Wildman–Crippen LogP) is 4.61. The molecular formula is C21H22BrF3N8O3. The molecule has 1 aliphatic rings. The molecule has 0 amide bonds. The number of fused-ring (bicyclic) bond motifs is 2. The molecule has 3 N–H and O–H groups in total. The predicted molar refractivity (Wildman–Crippen MR) is 127 cm³/mol. The number of carbonyl (C=O) groups is 1. The first-order valence-corrected chi connectivity index (χ1v) is 11.9. The average molecular weight is 571 g/mol. The SMILES string of the molecule is CCOc1nc(Nc2cnc3c(c2)nnn3CC2CC2)nc2[nH]c(CC)c(Br)c12.O=C(O)C(F)(F)F. The number of hydrogen-bond donors (Lipinski definition) is 3. The van der Waals surface area contributed by atoms with Crippen LogP contribution in [0.2, 0.25) is 0 Å². The fraction of sp³-hybridized carbons (Fsp3) is 0.429. The maximum atomic E-state index is 10.6. The summed E-state index contributed by atoms with van der Waals surface area (Å²) in [5.41, 5.74) is 4.08. The normalized spacial score (nSPS) is 13.5. The Morgan fingerprint density at radius 2 is 2.06 bits per heavy atom. The van der Waals surface area contributed by atoms with Crippen LogP contribution in [-0.4, -0.2) is 58.8 Å². The van der Waals surface area contributed by atoms with Crippen molar-refractivity contribution in [1.29, 1.82) is 0 Å². The molecule has 0 unspecified atom stereocenters. The van der Waals surface area contributed by atoms with Crippen LogP contribution in [0, 0.1) is 5.92 Å². The molecule has 36 heavy (non-hydrogen) atoms. The number of hydrogen-bond acceptors (Lipinski definition) is 8. The molecule has 0 saturated heterocycles. The van der Waals surface area contributed by atoms with Crippen molar-refractivity contribution in [3.05, 3.63) is 22.4 Å². The van der Waals surface area contributed by atoms with E-state index in [2.05, 4.69) is 58.4 Å². The molecular weight excluding hydrogens is 549 g/mol. The van der Waals surface area contributed by atoms with Gasteiger partial charge in [0, 0.05) is 12.2 Å². The van der Waals surface area contributed by atoms with Gasteiger partial charge >= 0.3 is 12.1 Å². The number of alkyl halides is 3. The molecule has 0 radical (unpaired) electrons. The van der Waals surface area contributed by atoms with Gasteiger partial charge in [0.2, 0.25) is 11.8 Å². The van der Waals surface area contributed by atoms with Crippen molar-refractivity contribution < 1.29 is 27.8 Å². The first-order valence-electron chi connectivity index (χ1n) is 11.1. The van der Waals surface area contributed by atoms with Crippen molar-refractivity contribution in [3.8, 4) is 5.88 Å². The van der Waals surface area contributed by atoms with Gasteiger partial charge in [0.1, 0.15) is 11.2 Å². The standard InChI is InChI=1S/C19H21BrN8O.C2HF3O2/c1-3-12-15(20)14-16(23-12)24-19(25-18(14)29-4-2)22-11-7-13-17(21-8-11)28(27-26-13)9-10-5-6-10;3-2(4,5)1(6)7/h7-8,10H,3-6,9H2,1-2H3,(H2,22,23,24,25);(H,6,7). The van der Waals surface area contributed by atoms with Crippen molar-refractivity contribution in [2.45, 2.75) is 45.8 Å². The van der Waals surface area contributed by atoms with Crippen LogP contribution >= 0.6 is 15.9 Å². The van der Waals surface area contributed by atoms with Gasteiger partial charge in [-0.25, -0.2) is 14.5 Å². The van der Waals surface area contributed by atoms with Crippen molar-refractivity contribution in [2.24, 2.45) is 5.92 Å². The highest BCUT2D eigenvalue weighted by atomic mass is 79.9. The number of nitrogens with one attached hydrogen (secondary N) is 2. The Bertz CT molecular complexity index is 1400. The smallest absolute Gasteiger partial charge is 0.477 e. The highest BCUT2D eigenvalue weighted by molar-refractivity contribution is 9.10. The van der Waals surface area contributed by atoms with E-state index in [-0.39, 0.29) is 0 Å². The third kappa shape index (κ3) is 5.66. The van der Waals surface area contributed by atoms with Crippen LogP contribution in [0.1, 0.15) is 32.4 Å². The summed E-state index contributed by atoms with van der Waals surface area (Å²) in [6.07, 6.45) is 0.0443. The van der Waals surface area contributed by atoms with E-state index in [0.717, 1.165) is 51.0 Å². The number of halogens is 4. The van der Waals surface area contributed by atoms with Crippen LogP contribution in [0.5, 0.6) is 5.88 Å². The fourth-order valence-corrected chi connectivity index (χ4v) is 4.08. The number of anilines is 2. The van der Waals surface area contributed by atoms with Gasteiger partial charge in [-0.2, -0.15) is 23.1 Å². The second-order valence-electron chi connectivity index (χ2n) is 7.99. The van der Waals surface area contributed by atoms with Crippen LogP contribution in [-0.2, 0) is 17.8 Å². The molecule has 0 bridgehead atoms. The Morgan fingerprint density at radius 3 is 2.67 bits per heavy atom. The van der Waals surface area contributed by atoms with Gasteiger partial charge in [-0.05, 0) is 54.1 Å². The van der Waals surface area contributed by atoms with Crippen LogP contribution in [0.25, 0.3) is 22.2 Å². The molecule has 4 heterocycles. The van der Waals surface area contributed by atoms with E-state index in [0.29, 0.717) is 24.4 Å². The summed E-state index contributed by atoms with van der Waals surface area (Å²) >= 11 is 3.64. The van der Waals surface area contributed by atoms with E-state index in [4.69, 9.17) is 14.6 Å². The molecule has 4 aromatic heterocycles. The number of aromatic nitrogens is 7. The van der Waals surface area contributed by atoms with E-state index >= 15 is 0 Å². The van der Waals surface area contributed by atoms with Crippen molar-refractivity contribution in [2.75, 3.05) is 11.9 Å². The second-order valence-corrected chi connectivity index (χ2v) is 8.78. The number of carboxylic acids is 1. The number of H-pyrrole nitrogens is 1. The third-order valence-electron chi connectivity index (χ3n) is 5.24. The van der Waals surface area contributed by atoms with Gasteiger partial charge in [-0.15, -0.1) is 5.10 Å². The Labute approximate surface area is 210 Å². The van der Waals surface area contributed by atoms with Gasteiger partial charge in [0.15, 0.2) is 5.65 Å². The van der Waals surface area contributed by atoms with Gasteiger partial charge in [0.25, 0.3) is 0 Å². The minimum atomic E-state index is -5.08. The summed E-state index contributed by atoms with van der Waals surface area (Å²) < 4.78 is 40.3. The third-order valence-corrected chi connectivity index (χ3v) is 6.12. The summed E-state index contributed by atoms with van der Waals surface area (Å²) in [5.74, 6) is -1.08. The number of ether oxygens (including phenoxy) is 1. The molecule has 192 valence electrons. The summed E-state index contributed by atoms with van der Waals surface area (Å²) in [5, 5.41) is 19.7. The first-order chi connectivity index (χ1) is 17.1. The van der Waals surface area contributed by atoms with Gasteiger partial charge < -0.3 is 20.1 Å². The number of aromatic amines is 1. The van der Waals surface area contributed by atoms with Gasteiger partial charge in [-0.1, -0.05) is 12.1 Å². The quantitative estimate of drug-likeness (QED) is 0.290. The van der Waals surface area contributed by atoms with E-state index in [1.165, 1.54) is 12.8 Å². The van der Waals surface area contributed by atoms with E-state index in [1.54, 1.807) is 6.20 Å². The molecule has 0 atom stereocenters. The first kappa shape index (κ1) is 25.6. The topological polar surface area (TPSA) is 144 Å². The van der Waals surface area contributed by atoms with E-state index < -0.39 is 12.1 Å². The number of aryl methyl sites for hydroxylation is 1. The lowest BCUT2D eigenvalue weighted by Crippen LogP contribution is -2.21. The lowest BCUT2D eigenvalue weighted by Gasteiger charge is -2.08. The molecule has 15 heteroatoms. The highest BCUT2D eigenvalue weighted by Gasteiger charge is 2.38. The summed E-state index contributed by atoms with van der Waals surface area (Å²) in [7, 11) is 0. The highest BCUT2D eigenvalue weighted by Crippen LogP contribution is 2.35. The summed E-state index contributed by atoms with van der Waals surface area (Å²) in [6.45, 7) is 5.42. The van der Waals surface area contributed by atoms with Crippen LogP contribution in [0.3, 0.4) is 0 Å². The number of pyridine rings is 1. The number of rotatable bonds is 7. The lowest BCUT2D eigenvalue weighted by molar-refractivity contribution is -0.192. The van der Waals surface area contributed by atoms with E-state index in [9.17, 15) is 13.2 Å². The number of aliphatic carboxylic acids is 1. The molecule has 5 rings (SSSR count). The maximum absolute atomic E-state index is 10.6. The lowest BCUT2D eigenvalue weighted by atomic mass is 10.3. The van der Waals surface area contributed by atoms with Crippen molar-refractivity contribution in [3.63, 3.8) is 0 Å². The minimum Gasteiger partial charge on any atom is -0.477 e. The van der Waals surface area contributed by atoms with Gasteiger partial charge in [0.05, 0.1) is 28.4 Å². The Morgan fingerprint density at radius 1 is 1.33 bits per heavy atom. The Balaban J connectivity index is 0.000000384. The summed E-state index contributed by atoms with van der Waals surface area (Å²) in [4.78, 5) is 26.0. The summed E-state index contributed by atoms with van der Waals surface area (Å²) in [6, 6.07) is 1.91. The zero-order valence-electron chi connectivity index (χ0n) is 19.2. The average Bonchev–Trinajstić information content (AvgIpc) is 3.46. The second kappa shape index (κ2) is 10.2. The molecule has 4 aromatic rings. The number of carboxylic acid groups (broad SMARTS) is 1. The molecule has 1 aliphatic carbocycles. The fourth-order valence-electron chi connectivity index (χ4n) is 3.35. The molecule has 0 aromatic carbocycles. The van der Waals surface area contributed by atoms with Crippen LogP contribution in [0.4, 0.5) is 24.8 Å². The van der Waals surface area contributed by atoms with Crippen LogP contribution in [0.15, 0.2) is 16.7 Å². The molecule has 0 spiro atoms. The molecule has 1 saturated carbocycles. The number of nitrogens with zero attached hydrogens (tertiary/aromatic N) is 6. The monoisotopic (exact) mass is 570 g/mol. The van der Waals surface area contributed by atoms with Gasteiger partial charge in [-0.3, -0.25) is 0 Å². The van der Waals surface area contributed by atoms with Crippen LogP contribution < -0.4 is 10.1 Å². The van der Waals surface area contributed by atoms with Crippen molar-refractivity contribution in [1.82, 2.24) is 34.9 Å². The Kier molecular flexibility index (Phi) is 7.28. The zero-order valence-corrected chi connectivity index (χ0v) is 20.8. The zero-order chi connectivity index (χ0) is 26.0. The molecule has 1 fully saturated rings. The minimum absolute atomic E-state index is 0.434. The maximum Gasteiger partial charge on any atom is 0.490 e. The Hall–Kier alpha value is -3.49. The van der Waals surface area contributed by atoms with Crippen molar-refractivity contribution >= 4 is 55.7 Å².